The fourth-order valence-corrected chi connectivity index (χ4v) is 6.21. The van der Waals surface area contributed by atoms with Gasteiger partial charge in [0, 0.05) is 29.8 Å². The normalized spacial score (nSPS) is 33.8. The van der Waals surface area contributed by atoms with Crippen molar-refractivity contribution in [1.29, 1.82) is 5.26 Å². The summed E-state index contributed by atoms with van der Waals surface area (Å²) in [5.74, 6) is 1.83. The monoisotopic (exact) mass is 302 g/mol. The summed E-state index contributed by atoms with van der Waals surface area (Å²) in [5.41, 5.74) is 0. The average Bonchev–Trinajstić information content (AvgIpc) is 2.47. The Morgan fingerprint density at radius 2 is 2.11 bits per heavy atom. The van der Waals surface area contributed by atoms with E-state index in [1.807, 2.05) is 0 Å². The zero-order chi connectivity index (χ0) is 13.9. The van der Waals surface area contributed by atoms with Crippen molar-refractivity contribution in [1.82, 2.24) is 4.90 Å². The molecular weight excluding hydrogens is 280 g/mol. The summed E-state index contributed by atoms with van der Waals surface area (Å²) in [6.07, 6.45) is 4.11. The Morgan fingerprint density at radius 3 is 2.79 bits per heavy atom. The molecule has 0 spiro atoms. The highest BCUT2D eigenvalue weighted by molar-refractivity contribution is 8.01. The lowest BCUT2D eigenvalue weighted by atomic mass is 9.84. The van der Waals surface area contributed by atoms with E-state index in [-0.39, 0.29) is 23.1 Å². The summed E-state index contributed by atoms with van der Waals surface area (Å²) in [7, 11) is -3.06. The molecule has 108 valence electrons. The molecule has 4 nitrogen and oxygen atoms in total. The van der Waals surface area contributed by atoms with Crippen LogP contribution in [-0.4, -0.2) is 48.5 Å². The first-order chi connectivity index (χ1) is 9.10. The van der Waals surface area contributed by atoms with Crippen molar-refractivity contribution in [2.24, 2.45) is 5.92 Å². The molecule has 1 heterocycles. The molecule has 3 atom stereocenters. The van der Waals surface area contributed by atoms with E-state index in [9.17, 15) is 13.7 Å². The lowest BCUT2D eigenvalue weighted by Gasteiger charge is -2.43. The molecule has 2 aliphatic rings. The highest BCUT2D eigenvalue weighted by atomic mass is 32.2. The molecule has 2 rings (SSSR count). The summed E-state index contributed by atoms with van der Waals surface area (Å²) in [4.78, 5) is 2.13. The topological polar surface area (TPSA) is 61.2 Å². The van der Waals surface area contributed by atoms with Gasteiger partial charge >= 0.3 is 0 Å². The van der Waals surface area contributed by atoms with Crippen LogP contribution < -0.4 is 0 Å². The van der Waals surface area contributed by atoms with Crippen LogP contribution >= 0.6 is 11.8 Å². The minimum atomic E-state index is -3.06. The Balaban J connectivity index is 2.21. The average molecular weight is 302 g/mol. The third-order valence-electron chi connectivity index (χ3n) is 4.26. The van der Waals surface area contributed by atoms with Crippen molar-refractivity contribution < 1.29 is 8.42 Å². The molecule has 3 unspecified atom stereocenters. The Kier molecular flexibility index (Phi) is 5.15. The van der Waals surface area contributed by atoms with Gasteiger partial charge in [-0.1, -0.05) is 19.8 Å². The van der Waals surface area contributed by atoms with Gasteiger partial charge in [-0.05, 0) is 12.8 Å². The molecule has 0 N–H and O–H groups in total. The highest BCUT2D eigenvalue weighted by Gasteiger charge is 2.40. The van der Waals surface area contributed by atoms with Crippen LogP contribution in [0, 0.1) is 17.2 Å². The quantitative estimate of drug-likeness (QED) is 0.796. The van der Waals surface area contributed by atoms with Crippen LogP contribution in [0.1, 0.15) is 32.6 Å². The van der Waals surface area contributed by atoms with Gasteiger partial charge < -0.3 is 0 Å². The Morgan fingerprint density at radius 1 is 1.37 bits per heavy atom. The van der Waals surface area contributed by atoms with Crippen LogP contribution in [0.2, 0.25) is 0 Å². The number of sulfone groups is 1. The number of nitriles is 1. The van der Waals surface area contributed by atoms with E-state index in [1.54, 1.807) is 18.7 Å². The minimum Gasteiger partial charge on any atom is -0.281 e. The molecule has 0 bridgehead atoms. The number of nitrogens with zero attached hydrogens (tertiary/aromatic N) is 2. The fraction of sp³-hybridized carbons (Fsp3) is 0.923. The molecule has 1 aliphatic carbocycles. The second kappa shape index (κ2) is 6.47. The molecule has 6 heteroatoms. The summed E-state index contributed by atoms with van der Waals surface area (Å²) in [6.45, 7) is 2.52. The zero-order valence-corrected chi connectivity index (χ0v) is 13.0. The van der Waals surface area contributed by atoms with Crippen LogP contribution in [0.5, 0.6) is 0 Å². The minimum absolute atomic E-state index is 0.00593. The second-order valence-corrected chi connectivity index (χ2v) is 8.90. The third kappa shape index (κ3) is 3.26. The van der Waals surface area contributed by atoms with Crippen LogP contribution in [0.3, 0.4) is 0 Å². The van der Waals surface area contributed by atoms with E-state index in [0.29, 0.717) is 5.75 Å². The molecule has 19 heavy (non-hydrogen) atoms. The predicted octanol–water partition coefficient (Wildman–Crippen LogP) is 1.88. The molecule has 0 aromatic carbocycles. The van der Waals surface area contributed by atoms with Crippen molar-refractivity contribution >= 4 is 21.6 Å². The fourth-order valence-electron chi connectivity index (χ4n) is 3.13. The number of hydrogen-bond donors (Lipinski definition) is 0. The van der Waals surface area contributed by atoms with E-state index >= 15 is 0 Å². The van der Waals surface area contributed by atoms with E-state index in [4.69, 9.17) is 0 Å². The third-order valence-corrected chi connectivity index (χ3v) is 7.57. The van der Waals surface area contributed by atoms with Gasteiger partial charge in [0.05, 0.1) is 12.0 Å². The molecule has 2 fully saturated rings. The van der Waals surface area contributed by atoms with Crippen molar-refractivity contribution in [3.63, 3.8) is 0 Å². The Bertz CT molecular complexity index is 444. The van der Waals surface area contributed by atoms with Gasteiger partial charge in [0.25, 0.3) is 0 Å². The first-order valence-corrected chi connectivity index (χ1v) is 9.92. The molecule has 1 aliphatic heterocycles. The van der Waals surface area contributed by atoms with Gasteiger partial charge in [-0.25, -0.2) is 8.42 Å². The summed E-state index contributed by atoms with van der Waals surface area (Å²) in [6, 6.07) is 2.54. The van der Waals surface area contributed by atoms with Crippen molar-refractivity contribution in [3.8, 4) is 6.07 Å². The zero-order valence-electron chi connectivity index (χ0n) is 11.4. The molecule has 1 saturated carbocycles. The first-order valence-electron chi connectivity index (χ1n) is 7.05. The highest BCUT2D eigenvalue weighted by Crippen LogP contribution is 2.33. The maximum atomic E-state index is 12.3. The number of thioether (sulfide) groups is 1. The van der Waals surface area contributed by atoms with Gasteiger partial charge in [0.15, 0.2) is 9.84 Å². The standard InChI is InChI=1S/C13H22N2O2S2/c1-2-19(16,17)13-10-18-8-7-15(13)12-6-4-3-5-11(12)9-14/h11-13H,2-8,10H2,1H3. The van der Waals surface area contributed by atoms with E-state index in [1.165, 1.54) is 0 Å². The summed E-state index contributed by atoms with van der Waals surface area (Å²) < 4.78 is 24.5. The van der Waals surface area contributed by atoms with Gasteiger partial charge in [-0.3, -0.25) is 4.90 Å². The van der Waals surface area contributed by atoms with Gasteiger partial charge in [0.1, 0.15) is 5.37 Å². The molecule has 0 amide bonds. The molecular formula is C13H22N2O2S2. The van der Waals surface area contributed by atoms with Crippen molar-refractivity contribution in [2.75, 3.05) is 23.8 Å². The largest absolute Gasteiger partial charge is 0.281 e. The molecule has 0 aromatic heterocycles. The van der Waals surface area contributed by atoms with E-state index < -0.39 is 9.84 Å². The maximum absolute atomic E-state index is 12.3. The van der Waals surface area contributed by atoms with E-state index in [0.717, 1.165) is 38.0 Å². The molecule has 1 saturated heterocycles. The smallest absolute Gasteiger partial charge is 0.166 e. The Labute approximate surface area is 120 Å². The predicted molar refractivity (Wildman–Crippen MR) is 78.6 cm³/mol. The first kappa shape index (κ1) is 15.1. The summed E-state index contributed by atoms with van der Waals surface area (Å²) >= 11 is 1.72. The Hall–Kier alpha value is -0.250. The SMILES string of the molecule is CCS(=O)(=O)C1CSCCN1C1CCCCC1C#N. The molecule has 0 radical (unpaired) electrons. The lowest BCUT2D eigenvalue weighted by molar-refractivity contribution is 0.123. The van der Waals surface area contributed by atoms with Gasteiger partial charge in [-0.15, -0.1) is 0 Å². The maximum Gasteiger partial charge on any atom is 0.166 e. The van der Waals surface area contributed by atoms with Gasteiger partial charge in [0.2, 0.25) is 0 Å². The second-order valence-electron chi connectivity index (χ2n) is 5.31. The van der Waals surface area contributed by atoms with Crippen molar-refractivity contribution in [2.45, 2.75) is 44.0 Å². The molecule has 0 aromatic rings. The van der Waals surface area contributed by atoms with Crippen LogP contribution in [0.25, 0.3) is 0 Å². The number of hydrogen-bond acceptors (Lipinski definition) is 5. The van der Waals surface area contributed by atoms with Crippen LogP contribution in [0.15, 0.2) is 0 Å². The van der Waals surface area contributed by atoms with Crippen LogP contribution in [-0.2, 0) is 9.84 Å². The summed E-state index contributed by atoms with van der Waals surface area (Å²) in [5, 5.41) is 8.93. The van der Waals surface area contributed by atoms with E-state index in [2.05, 4.69) is 11.0 Å². The van der Waals surface area contributed by atoms with Crippen LogP contribution in [0.4, 0.5) is 0 Å². The lowest BCUT2D eigenvalue weighted by Crippen LogP contribution is -2.55. The van der Waals surface area contributed by atoms with Crippen molar-refractivity contribution in [3.05, 3.63) is 0 Å². The van der Waals surface area contributed by atoms with Gasteiger partial charge in [-0.2, -0.15) is 17.0 Å². The number of rotatable bonds is 3.